The summed E-state index contributed by atoms with van der Waals surface area (Å²) in [4.78, 5) is 33.3. The smallest absolute Gasteiger partial charge is 0.261 e. The number of carbonyl (C=O) groups is 2. The van der Waals surface area contributed by atoms with Crippen molar-refractivity contribution in [3.63, 3.8) is 0 Å². The lowest BCUT2D eigenvalue weighted by atomic mass is 9.98. The highest BCUT2D eigenvalue weighted by Crippen LogP contribution is 2.48. The van der Waals surface area contributed by atoms with Gasteiger partial charge in [0.15, 0.2) is 0 Å². The van der Waals surface area contributed by atoms with Crippen LogP contribution in [0.3, 0.4) is 0 Å². The zero-order valence-electron chi connectivity index (χ0n) is 28.1. The Morgan fingerprint density at radius 2 is 0.660 bits per heavy atom. The average molecular weight is 649 g/mol. The molecule has 6 aromatic rings. The normalized spacial score (nSPS) is 14.2. The first-order valence-corrected chi connectivity index (χ1v) is 17.0. The predicted molar refractivity (Wildman–Crippen MR) is 201 cm³/mol. The van der Waals surface area contributed by atoms with Crippen LogP contribution in [-0.2, 0) is 22.7 Å². The molecule has 0 aliphatic carbocycles. The van der Waals surface area contributed by atoms with E-state index in [1.807, 2.05) is 60.7 Å². The van der Waals surface area contributed by atoms with Crippen LogP contribution in [0.1, 0.15) is 33.4 Å². The highest BCUT2D eigenvalue weighted by Gasteiger charge is 2.48. The van der Waals surface area contributed by atoms with Crippen molar-refractivity contribution in [2.75, 3.05) is 0 Å². The minimum absolute atomic E-state index is 0.162. The number of hydrogen-bond donors (Lipinski definition) is 0. The summed E-state index contributed by atoms with van der Waals surface area (Å²) in [6, 6.07) is 53.3. The number of benzene rings is 6. The second-order valence-electron chi connectivity index (χ2n) is 13.1. The van der Waals surface area contributed by atoms with Gasteiger partial charge in [0, 0.05) is 0 Å². The van der Waals surface area contributed by atoms with Gasteiger partial charge in [0.2, 0.25) is 0 Å². The first kappa shape index (κ1) is 31.0. The molecular formula is C46H36N2O2. The fourth-order valence-electron chi connectivity index (χ4n) is 6.95. The molecule has 4 heteroatoms. The molecule has 242 valence electrons. The van der Waals surface area contributed by atoms with Crippen molar-refractivity contribution in [3.05, 3.63) is 202 Å². The van der Waals surface area contributed by atoms with Crippen LogP contribution >= 0.6 is 0 Å². The molecule has 0 unspecified atom stereocenters. The maximum atomic E-state index is 14.8. The maximum Gasteiger partial charge on any atom is 0.261 e. The molecule has 4 nitrogen and oxygen atoms in total. The van der Waals surface area contributed by atoms with Crippen LogP contribution in [0.25, 0.3) is 33.6 Å². The zero-order valence-corrected chi connectivity index (χ0v) is 28.1. The van der Waals surface area contributed by atoms with Crippen LogP contribution in [0, 0.1) is 13.8 Å². The maximum absolute atomic E-state index is 14.8. The van der Waals surface area contributed by atoms with Crippen LogP contribution in [0.5, 0.6) is 0 Å². The summed E-state index contributed by atoms with van der Waals surface area (Å²) in [5, 5.41) is 0. The first-order valence-electron chi connectivity index (χ1n) is 17.0. The quantitative estimate of drug-likeness (QED) is 0.165. The van der Waals surface area contributed by atoms with E-state index in [1.165, 1.54) is 0 Å². The SMILES string of the molecule is Cc1ccc(CN2C(=O)C3=C(c4ccc(-c5ccccc5)cc4)N(Cc4ccc(C)cc4)C(=O)C3=C2c2ccc(-c3ccccc3)cc2)cc1. The molecule has 0 radical (unpaired) electrons. The molecular weight excluding hydrogens is 613 g/mol. The highest BCUT2D eigenvalue weighted by molar-refractivity contribution is 6.30. The number of fused-ring (bicyclic) bond motifs is 1. The van der Waals surface area contributed by atoms with E-state index in [-0.39, 0.29) is 11.8 Å². The summed E-state index contributed by atoms with van der Waals surface area (Å²) in [6.45, 7) is 4.82. The molecule has 6 aromatic carbocycles. The van der Waals surface area contributed by atoms with E-state index in [0.717, 1.165) is 55.6 Å². The fourth-order valence-corrected chi connectivity index (χ4v) is 6.95. The van der Waals surface area contributed by atoms with Gasteiger partial charge in [-0.25, -0.2) is 0 Å². The van der Waals surface area contributed by atoms with E-state index in [1.54, 1.807) is 9.80 Å². The molecule has 2 aliphatic heterocycles. The third-order valence-corrected chi connectivity index (χ3v) is 9.63. The number of hydrogen-bond acceptors (Lipinski definition) is 2. The summed E-state index contributed by atoms with van der Waals surface area (Å²) >= 11 is 0. The van der Waals surface area contributed by atoms with Gasteiger partial charge < -0.3 is 9.80 Å². The predicted octanol–water partition coefficient (Wildman–Crippen LogP) is 9.84. The first-order chi connectivity index (χ1) is 24.4. The Hall–Kier alpha value is -6.26. The van der Waals surface area contributed by atoms with Crippen molar-refractivity contribution >= 4 is 23.2 Å². The second-order valence-corrected chi connectivity index (χ2v) is 13.1. The molecule has 0 bridgehead atoms. The van der Waals surface area contributed by atoms with Crippen LogP contribution in [0.4, 0.5) is 0 Å². The molecule has 0 saturated heterocycles. The summed E-state index contributed by atoms with van der Waals surface area (Å²) in [7, 11) is 0. The molecule has 2 heterocycles. The van der Waals surface area contributed by atoms with Crippen LogP contribution < -0.4 is 0 Å². The van der Waals surface area contributed by atoms with Crippen LogP contribution in [-0.4, -0.2) is 21.6 Å². The Morgan fingerprint density at radius 3 is 1.00 bits per heavy atom. The Labute approximate surface area is 293 Å². The van der Waals surface area contributed by atoms with Gasteiger partial charge in [0.25, 0.3) is 11.8 Å². The average Bonchev–Trinajstić information content (AvgIpc) is 3.60. The van der Waals surface area contributed by atoms with Gasteiger partial charge in [0.1, 0.15) is 0 Å². The molecule has 2 amide bonds. The van der Waals surface area contributed by atoms with Crippen molar-refractivity contribution in [3.8, 4) is 22.3 Å². The lowest BCUT2D eigenvalue weighted by molar-refractivity contribution is -0.124. The monoisotopic (exact) mass is 648 g/mol. The zero-order chi connectivity index (χ0) is 34.2. The number of nitrogens with zero attached hydrogens (tertiary/aromatic N) is 2. The van der Waals surface area contributed by atoms with Crippen molar-refractivity contribution in [1.29, 1.82) is 0 Å². The van der Waals surface area contributed by atoms with Crippen molar-refractivity contribution < 1.29 is 9.59 Å². The topological polar surface area (TPSA) is 40.6 Å². The molecule has 0 aromatic heterocycles. The number of aryl methyl sites for hydroxylation is 2. The van der Waals surface area contributed by atoms with E-state index >= 15 is 0 Å². The molecule has 0 fully saturated rings. The van der Waals surface area contributed by atoms with Gasteiger partial charge in [0.05, 0.1) is 35.6 Å². The summed E-state index contributed by atoms with van der Waals surface area (Å²) in [5.41, 5.74) is 12.6. The largest absolute Gasteiger partial charge is 0.302 e. The van der Waals surface area contributed by atoms with Gasteiger partial charge >= 0.3 is 0 Å². The minimum Gasteiger partial charge on any atom is -0.302 e. The lowest BCUT2D eigenvalue weighted by Crippen LogP contribution is -2.29. The van der Waals surface area contributed by atoms with Gasteiger partial charge in [-0.1, -0.05) is 169 Å². The van der Waals surface area contributed by atoms with Crippen LogP contribution in [0.2, 0.25) is 0 Å². The van der Waals surface area contributed by atoms with Gasteiger partial charge in [-0.3, -0.25) is 9.59 Å². The van der Waals surface area contributed by atoms with Gasteiger partial charge in [-0.05, 0) is 58.4 Å². The summed E-state index contributed by atoms with van der Waals surface area (Å²) < 4.78 is 0. The summed E-state index contributed by atoms with van der Waals surface area (Å²) in [5.74, 6) is -0.325. The third kappa shape index (κ3) is 5.75. The number of carbonyl (C=O) groups excluding carboxylic acids is 2. The second kappa shape index (κ2) is 13.0. The molecule has 50 heavy (non-hydrogen) atoms. The number of rotatable bonds is 8. The van der Waals surface area contributed by atoms with Crippen LogP contribution in [0.15, 0.2) is 169 Å². The molecule has 0 atom stereocenters. The third-order valence-electron chi connectivity index (χ3n) is 9.63. The highest BCUT2D eigenvalue weighted by atomic mass is 16.2. The Balaban J connectivity index is 1.29. The van der Waals surface area contributed by atoms with Gasteiger partial charge in [-0.15, -0.1) is 0 Å². The van der Waals surface area contributed by atoms with E-state index in [9.17, 15) is 9.59 Å². The fraction of sp³-hybridized carbons (Fsp3) is 0.0870. The molecule has 8 rings (SSSR count). The molecule has 0 saturated carbocycles. The van der Waals surface area contributed by atoms with E-state index in [2.05, 4.69) is 111 Å². The van der Waals surface area contributed by atoms with Crippen molar-refractivity contribution in [2.45, 2.75) is 26.9 Å². The molecule has 0 spiro atoms. The molecule has 0 N–H and O–H groups in total. The van der Waals surface area contributed by atoms with E-state index in [0.29, 0.717) is 35.6 Å². The van der Waals surface area contributed by atoms with Gasteiger partial charge in [-0.2, -0.15) is 0 Å². The van der Waals surface area contributed by atoms with E-state index in [4.69, 9.17) is 0 Å². The molecule has 2 aliphatic rings. The van der Waals surface area contributed by atoms with Crippen molar-refractivity contribution in [1.82, 2.24) is 9.80 Å². The minimum atomic E-state index is -0.162. The number of amides is 2. The lowest BCUT2D eigenvalue weighted by Gasteiger charge is -2.26. The Morgan fingerprint density at radius 1 is 0.360 bits per heavy atom. The Kier molecular flexibility index (Phi) is 8.06. The van der Waals surface area contributed by atoms with E-state index < -0.39 is 0 Å². The van der Waals surface area contributed by atoms with Crippen molar-refractivity contribution in [2.24, 2.45) is 0 Å². The summed E-state index contributed by atoms with van der Waals surface area (Å²) in [6.07, 6.45) is 0. The standard InChI is InChI=1S/C46H36N2O2/c1-31-13-17-33(18-14-31)29-47-43(39-25-21-37(22-26-39)35-9-5-3-6-10-35)41-42(45(47)49)44(48(46(41)50)30-34-19-15-32(2)16-20-34)40-27-23-38(24-28-40)36-11-7-4-8-12-36/h3-28H,29-30H2,1-2H3. The Bertz CT molecular complexity index is 2100.